The highest BCUT2D eigenvalue weighted by molar-refractivity contribution is 6.31. The summed E-state index contributed by atoms with van der Waals surface area (Å²) in [5.74, 6) is -0.394. The Morgan fingerprint density at radius 3 is 2.93 bits per heavy atom. The number of hydrogen-bond donors (Lipinski definition) is 1. The van der Waals surface area contributed by atoms with Gasteiger partial charge in [-0.05, 0) is 24.5 Å². The lowest BCUT2D eigenvalue weighted by molar-refractivity contribution is 0.620. The lowest BCUT2D eigenvalue weighted by Gasteiger charge is -2.10. The van der Waals surface area contributed by atoms with Gasteiger partial charge in [0.15, 0.2) is 0 Å². The van der Waals surface area contributed by atoms with E-state index in [2.05, 4.69) is 6.58 Å². The molecular weight excluding hydrogens is 201 g/mol. The van der Waals surface area contributed by atoms with Gasteiger partial charge in [0.25, 0.3) is 0 Å². The first-order chi connectivity index (χ1) is 6.65. The fourth-order valence-corrected chi connectivity index (χ4v) is 1.49. The Morgan fingerprint density at radius 2 is 2.29 bits per heavy atom. The third kappa shape index (κ3) is 2.82. The first kappa shape index (κ1) is 11.2. The molecule has 14 heavy (non-hydrogen) atoms. The van der Waals surface area contributed by atoms with Crippen LogP contribution in [0.5, 0.6) is 0 Å². The minimum Gasteiger partial charge on any atom is -0.327 e. The fourth-order valence-electron chi connectivity index (χ4n) is 1.29. The van der Waals surface area contributed by atoms with Crippen LogP contribution in [0.1, 0.15) is 12.0 Å². The van der Waals surface area contributed by atoms with E-state index in [9.17, 15) is 4.39 Å². The second kappa shape index (κ2) is 5.13. The molecule has 0 radical (unpaired) electrons. The molecule has 0 amide bonds. The highest BCUT2D eigenvalue weighted by atomic mass is 35.5. The minimum absolute atomic E-state index is 0.0493. The van der Waals surface area contributed by atoms with Crippen LogP contribution < -0.4 is 5.73 Å². The highest BCUT2D eigenvalue weighted by Gasteiger charge is 2.08. The van der Waals surface area contributed by atoms with Gasteiger partial charge >= 0.3 is 0 Å². The van der Waals surface area contributed by atoms with Gasteiger partial charge in [0.1, 0.15) is 5.82 Å². The maximum absolute atomic E-state index is 13.0. The van der Waals surface area contributed by atoms with Crippen molar-refractivity contribution in [1.82, 2.24) is 0 Å². The number of hydrogen-bond acceptors (Lipinski definition) is 1. The predicted molar refractivity (Wildman–Crippen MR) is 57.9 cm³/mol. The molecule has 2 N–H and O–H groups in total. The van der Waals surface area contributed by atoms with Crippen LogP contribution in [-0.4, -0.2) is 6.04 Å². The Bertz CT molecular complexity index is 325. The van der Waals surface area contributed by atoms with Crippen molar-refractivity contribution in [3.8, 4) is 0 Å². The normalized spacial score (nSPS) is 12.5. The smallest absolute Gasteiger partial charge is 0.142 e. The van der Waals surface area contributed by atoms with E-state index in [1.54, 1.807) is 18.2 Å². The Labute approximate surface area is 88.4 Å². The minimum atomic E-state index is -0.394. The van der Waals surface area contributed by atoms with Gasteiger partial charge in [-0.1, -0.05) is 29.8 Å². The molecule has 0 aromatic heterocycles. The summed E-state index contributed by atoms with van der Waals surface area (Å²) in [6.45, 7) is 3.60. The molecule has 0 fully saturated rings. The summed E-state index contributed by atoms with van der Waals surface area (Å²) >= 11 is 5.78. The van der Waals surface area contributed by atoms with Crippen LogP contribution in [0, 0.1) is 5.82 Å². The lowest BCUT2D eigenvalue weighted by Crippen LogP contribution is -2.22. The van der Waals surface area contributed by atoms with E-state index in [0.29, 0.717) is 12.8 Å². The summed E-state index contributed by atoms with van der Waals surface area (Å²) in [4.78, 5) is 0. The van der Waals surface area contributed by atoms with Gasteiger partial charge < -0.3 is 5.73 Å². The second-order valence-corrected chi connectivity index (χ2v) is 3.58. The number of rotatable bonds is 4. The van der Waals surface area contributed by atoms with E-state index in [0.717, 1.165) is 5.56 Å². The quantitative estimate of drug-likeness (QED) is 0.765. The van der Waals surface area contributed by atoms with Crippen molar-refractivity contribution in [2.45, 2.75) is 18.9 Å². The van der Waals surface area contributed by atoms with Crippen LogP contribution in [0.25, 0.3) is 0 Å². The zero-order valence-corrected chi connectivity index (χ0v) is 8.60. The maximum atomic E-state index is 13.0. The van der Waals surface area contributed by atoms with Crippen LogP contribution >= 0.6 is 11.6 Å². The third-order valence-corrected chi connectivity index (χ3v) is 2.41. The fraction of sp³-hybridized carbons (Fsp3) is 0.273. The third-order valence-electron chi connectivity index (χ3n) is 1.98. The molecule has 1 atom stereocenters. The van der Waals surface area contributed by atoms with Crippen molar-refractivity contribution >= 4 is 11.6 Å². The zero-order valence-electron chi connectivity index (χ0n) is 7.84. The zero-order chi connectivity index (χ0) is 10.6. The van der Waals surface area contributed by atoms with Crippen molar-refractivity contribution in [2.75, 3.05) is 0 Å². The van der Waals surface area contributed by atoms with E-state index < -0.39 is 5.82 Å². The molecule has 76 valence electrons. The Hall–Kier alpha value is -0.860. The lowest BCUT2D eigenvalue weighted by atomic mass is 10.0. The van der Waals surface area contributed by atoms with Crippen LogP contribution in [0.3, 0.4) is 0 Å². The first-order valence-corrected chi connectivity index (χ1v) is 4.82. The first-order valence-electron chi connectivity index (χ1n) is 4.44. The topological polar surface area (TPSA) is 26.0 Å². The largest absolute Gasteiger partial charge is 0.327 e. The summed E-state index contributed by atoms with van der Waals surface area (Å²) in [5.41, 5.74) is 6.53. The van der Waals surface area contributed by atoms with Gasteiger partial charge in [-0.2, -0.15) is 0 Å². The van der Waals surface area contributed by atoms with Crippen LogP contribution in [-0.2, 0) is 6.42 Å². The number of benzene rings is 1. The molecule has 0 aliphatic rings. The highest BCUT2D eigenvalue weighted by Crippen LogP contribution is 2.20. The number of halogens is 2. The van der Waals surface area contributed by atoms with Crippen molar-refractivity contribution in [3.05, 3.63) is 47.3 Å². The molecule has 0 saturated carbocycles. The van der Waals surface area contributed by atoms with Crippen molar-refractivity contribution in [2.24, 2.45) is 5.73 Å². The summed E-state index contributed by atoms with van der Waals surface area (Å²) in [7, 11) is 0. The summed E-state index contributed by atoms with van der Waals surface area (Å²) in [6, 6.07) is 4.71. The molecule has 1 rings (SSSR count). The molecule has 0 aliphatic carbocycles. The Kier molecular flexibility index (Phi) is 4.11. The maximum Gasteiger partial charge on any atom is 0.142 e. The van der Waals surface area contributed by atoms with Gasteiger partial charge in [0, 0.05) is 6.04 Å². The SMILES string of the molecule is C=CCC(N)Cc1cccc(F)c1Cl. The predicted octanol–water partition coefficient (Wildman–Crippen LogP) is 2.93. The molecule has 1 aromatic carbocycles. The molecule has 1 nitrogen and oxygen atoms in total. The molecule has 1 aromatic rings. The van der Waals surface area contributed by atoms with Crippen molar-refractivity contribution in [1.29, 1.82) is 0 Å². The molecule has 0 aliphatic heterocycles. The van der Waals surface area contributed by atoms with Gasteiger partial charge in [-0.15, -0.1) is 6.58 Å². The number of nitrogens with two attached hydrogens (primary N) is 1. The van der Waals surface area contributed by atoms with E-state index >= 15 is 0 Å². The van der Waals surface area contributed by atoms with Crippen molar-refractivity contribution in [3.63, 3.8) is 0 Å². The van der Waals surface area contributed by atoms with E-state index in [4.69, 9.17) is 17.3 Å². The molecule has 0 spiro atoms. The van der Waals surface area contributed by atoms with E-state index in [1.807, 2.05) is 0 Å². The monoisotopic (exact) mass is 213 g/mol. The molecule has 0 heterocycles. The van der Waals surface area contributed by atoms with E-state index in [1.165, 1.54) is 6.07 Å². The summed E-state index contributed by atoms with van der Waals surface area (Å²) in [6.07, 6.45) is 3.02. The molecular formula is C11H13ClFN. The van der Waals surface area contributed by atoms with Crippen LogP contribution in [0.4, 0.5) is 4.39 Å². The second-order valence-electron chi connectivity index (χ2n) is 3.20. The van der Waals surface area contributed by atoms with Crippen LogP contribution in [0.15, 0.2) is 30.9 Å². The standard InChI is InChI=1S/C11H13ClFN/c1-2-4-9(14)7-8-5-3-6-10(13)11(8)12/h2-3,5-6,9H,1,4,7,14H2. The van der Waals surface area contributed by atoms with E-state index in [-0.39, 0.29) is 11.1 Å². The van der Waals surface area contributed by atoms with Gasteiger partial charge in [-0.3, -0.25) is 0 Å². The average Bonchev–Trinajstić information content (AvgIpc) is 2.13. The van der Waals surface area contributed by atoms with Gasteiger partial charge in [0.05, 0.1) is 5.02 Å². The van der Waals surface area contributed by atoms with Gasteiger partial charge in [-0.25, -0.2) is 4.39 Å². The molecule has 3 heteroatoms. The van der Waals surface area contributed by atoms with Crippen molar-refractivity contribution < 1.29 is 4.39 Å². The molecule has 0 saturated heterocycles. The Morgan fingerprint density at radius 1 is 1.57 bits per heavy atom. The van der Waals surface area contributed by atoms with Crippen LogP contribution in [0.2, 0.25) is 5.02 Å². The average molecular weight is 214 g/mol. The summed E-state index contributed by atoms with van der Waals surface area (Å²) in [5, 5.41) is 0.173. The van der Waals surface area contributed by atoms with Gasteiger partial charge in [0.2, 0.25) is 0 Å². The Balaban J connectivity index is 2.76. The molecule has 1 unspecified atom stereocenters. The molecule has 0 bridgehead atoms. The summed E-state index contributed by atoms with van der Waals surface area (Å²) < 4.78 is 13.0.